The second kappa shape index (κ2) is 5.51. The Labute approximate surface area is 108 Å². The van der Waals surface area contributed by atoms with Crippen molar-refractivity contribution in [2.75, 3.05) is 13.1 Å². The summed E-state index contributed by atoms with van der Waals surface area (Å²) in [7, 11) is -3.21. The Morgan fingerprint density at radius 2 is 1.72 bits per heavy atom. The summed E-state index contributed by atoms with van der Waals surface area (Å²) in [6.45, 7) is 1.28. The third-order valence-corrected chi connectivity index (χ3v) is 4.99. The van der Waals surface area contributed by atoms with Crippen LogP contribution in [0.2, 0.25) is 0 Å². The van der Waals surface area contributed by atoms with Crippen molar-refractivity contribution in [1.82, 2.24) is 4.31 Å². The Balaban J connectivity index is 2.09. The van der Waals surface area contributed by atoms with Gasteiger partial charge in [0.1, 0.15) is 0 Å². The molecule has 0 atom stereocenters. The number of rotatable bonds is 3. The van der Waals surface area contributed by atoms with Gasteiger partial charge in [0.05, 0.1) is 17.4 Å². The third kappa shape index (κ3) is 3.09. The summed E-state index contributed by atoms with van der Waals surface area (Å²) in [6, 6.07) is 8.74. The van der Waals surface area contributed by atoms with Gasteiger partial charge in [0, 0.05) is 13.1 Å². The quantitative estimate of drug-likeness (QED) is 0.837. The maximum absolute atomic E-state index is 12.2. The first-order valence-corrected chi connectivity index (χ1v) is 7.69. The Kier molecular flexibility index (Phi) is 4.00. The molecule has 1 aliphatic heterocycles. The van der Waals surface area contributed by atoms with E-state index in [2.05, 4.69) is 0 Å². The summed E-state index contributed by atoms with van der Waals surface area (Å²) >= 11 is 0. The van der Waals surface area contributed by atoms with Gasteiger partial charge in [-0.1, -0.05) is 18.6 Å². The highest BCUT2D eigenvalue weighted by atomic mass is 32.2. The van der Waals surface area contributed by atoms with Gasteiger partial charge in [0.25, 0.3) is 0 Å². The predicted molar refractivity (Wildman–Crippen MR) is 69.2 cm³/mol. The molecule has 1 aliphatic rings. The normalized spacial score (nSPS) is 17.3. The highest BCUT2D eigenvalue weighted by Gasteiger charge is 2.23. The lowest BCUT2D eigenvalue weighted by Gasteiger charge is -2.25. The molecule has 2 rings (SSSR count). The van der Waals surface area contributed by atoms with E-state index in [-0.39, 0.29) is 5.75 Å². The lowest BCUT2D eigenvalue weighted by atomic mass is 10.2. The molecule has 4 nitrogen and oxygen atoms in total. The maximum atomic E-state index is 12.2. The molecular formula is C13H16N2O2S. The van der Waals surface area contributed by atoms with Crippen molar-refractivity contribution < 1.29 is 8.42 Å². The number of hydrogen-bond acceptors (Lipinski definition) is 3. The molecule has 1 aromatic carbocycles. The molecule has 1 heterocycles. The minimum atomic E-state index is -3.21. The average molecular weight is 264 g/mol. The predicted octanol–water partition coefficient (Wildman–Crippen LogP) is 1.87. The molecule has 0 radical (unpaired) electrons. The zero-order valence-corrected chi connectivity index (χ0v) is 11.0. The molecule has 1 fully saturated rings. The lowest BCUT2D eigenvalue weighted by Crippen LogP contribution is -2.36. The molecule has 0 amide bonds. The molecule has 96 valence electrons. The van der Waals surface area contributed by atoms with Gasteiger partial charge in [-0.05, 0) is 30.5 Å². The number of nitriles is 1. The molecule has 1 saturated heterocycles. The summed E-state index contributed by atoms with van der Waals surface area (Å²) in [6.07, 6.45) is 3.02. The highest BCUT2D eigenvalue weighted by Crippen LogP contribution is 2.17. The van der Waals surface area contributed by atoms with Crippen LogP contribution < -0.4 is 0 Å². The minimum absolute atomic E-state index is 0.0265. The van der Waals surface area contributed by atoms with Crippen LogP contribution in [-0.2, 0) is 15.8 Å². The maximum Gasteiger partial charge on any atom is 0.218 e. The second-order valence-corrected chi connectivity index (χ2v) is 6.49. The van der Waals surface area contributed by atoms with E-state index in [1.165, 1.54) is 0 Å². The monoisotopic (exact) mass is 264 g/mol. The Hall–Kier alpha value is -1.38. The summed E-state index contributed by atoms with van der Waals surface area (Å²) < 4.78 is 25.9. The van der Waals surface area contributed by atoms with Crippen LogP contribution in [0.5, 0.6) is 0 Å². The van der Waals surface area contributed by atoms with Gasteiger partial charge >= 0.3 is 0 Å². The van der Waals surface area contributed by atoms with Crippen LogP contribution in [0.4, 0.5) is 0 Å². The molecule has 5 heteroatoms. The van der Waals surface area contributed by atoms with Crippen molar-refractivity contribution in [3.8, 4) is 6.07 Å². The van der Waals surface area contributed by atoms with E-state index in [4.69, 9.17) is 5.26 Å². The standard InChI is InChI=1S/C13H16N2O2S/c14-10-12-4-6-13(7-5-12)11-18(16,17)15-8-2-1-3-9-15/h4-7H,1-3,8-9,11H2. The Morgan fingerprint density at radius 1 is 1.11 bits per heavy atom. The van der Waals surface area contributed by atoms with Crippen LogP contribution in [0.25, 0.3) is 0 Å². The van der Waals surface area contributed by atoms with Gasteiger partial charge in [-0.3, -0.25) is 0 Å². The first-order valence-electron chi connectivity index (χ1n) is 6.09. The van der Waals surface area contributed by atoms with Crippen molar-refractivity contribution in [3.05, 3.63) is 35.4 Å². The van der Waals surface area contributed by atoms with E-state index in [0.717, 1.165) is 24.8 Å². The fourth-order valence-electron chi connectivity index (χ4n) is 2.12. The molecule has 0 saturated carbocycles. The van der Waals surface area contributed by atoms with Gasteiger partial charge in [0.2, 0.25) is 10.0 Å². The SMILES string of the molecule is N#Cc1ccc(CS(=O)(=O)N2CCCCC2)cc1. The van der Waals surface area contributed by atoms with Crippen molar-refractivity contribution in [2.24, 2.45) is 0 Å². The molecule has 0 aliphatic carbocycles. The summed E-state index contributed by atoms with van der Waals surface area (Å²) in [4.78, 5) is 0. The number of nitrogens with zero attached hydrogens (tertiary/aromatic N) is 2. The van der Waals surface area contributed by atoms with Crippen molar-refractivity contribution >= 4 is 10.0 Å². The van der Waals surface area contributed by atoms with Gasteiger partial charge in [-0.2, -0.15) is 5.26 Å². The van der Waals surface area contributed by atoms with E-state index in [1.54, 1.807) is 28.6 Å². The first-order chi connectivity index (χ1) is 8.62. The van der Waals surface area contributed by atoms with Gasteiger partial charge < -0.3 is 0 Å². The number of benzene rings is 1. The molecule has 0 unspecified atom stereocenters. The topological polar surface area (TPSA) is 61.2 Å². The molecule has 1 aromatic rings. The zero-order valence-electron chi connectivity index (χ0n) is 10.2. The average Bonchev–Trinajstić information content (AvgIpc) is 2.40. The van der Waals surface area contributed by atoms with Crippen LogP contribution in [-0.4, -0.2) is 25.8 Å². The smallest absolute Gasteiger partial charge is 0.212 e. The fourth-order valence-corrected chi connectivity index (χ4v) is 3.73. The van der Waals surface area contributed by atoms with E-state index < -0.39 is 10.0 Å². The van der Waals surface area contributed by atoms with E-state index in [9.17, 15) is 8.42 Å². The highest BCUT2D eigenvalue weighted by molar-refractivity contribution is 7.88. The van der Waals surface area contributed by atoms with Crippen LogP contribution >= 0.6 is 0 Å². The van der Waals surface area contributed by atoms with E-state index >= 15 is 0 Å². The van der Waals surface area contributed by atoms with Crippen molar-refractivity contribution in [2.45, 2.75) is 25.0 Å². The Bertz CT molecular complexity index is 537. The van der Waals surface area contributed by atoms with Crippen LogP contribution in [0, 0.1) is 11.3 Å². The number of hydrogen-bond donors (Lipinski definition) is 0. The molecule has 18 heavy (non-hydrogen) atoms. The van der Waals surface area contributed by atoms with Crippen LogP contribution in [0.15, 0.2) is 24.3 Å². The summed E-state index contributed by atoms with van der Waals surface area (Å²) in [5, 5.41) is 8.69. The molecular weight excluding hydrogens is 248 g/mol. The number of sulfonamides is 1. The first kappa shape index (κ1) is 13.1. The number of piperidine rings is 1. The van der Waals surface area contributed by atoms with E-state index in [0.29, 0.717) is 18.7 Å². The third-order valence-electron chi connectivity index (χ3n) is 3.14. The summed E-state index contributed by atoms with van der Waals surface area (Å²) in [5.41, 5.74) is 1.29. The Morgan fingerprint density at radius 3 is 2.28 bits per heavy atom. The zero-order chi connectivity index (χ0) is 13.0. The molecule has 0 N–H and O–H groups in total. The largest absolute Gasteiger partial charge is 0.218 e. The van der Waals surface area contributed by atoms with Crippen molar-refractivity contribution in [1.29, 1.82) is 5.26 Å². The van der Waals surface area contributed by atoms with Gasteiger partial charge in [-0.15, -0.1) is 0 Å². The van der Waals surface area contributed by atoms with Crippen molar-refractivity contribution in [3.63, 3.8) is 0 Å². The van der Waals surface area contributed by atoms with Gasteiger partial charge in [-0.25, -0.2) is 12.7 Å². The summed E-state index contributed by atoms with van der Waals surface area (Å²) in [5.74, 6) is 0.0265. The fraction of sp³-hybridized carbons (Fsp3) is 0.462. The van der Waals surface area contributed by atoms with Crippen LogP contribution in [0.3, 0.4) is 0 Å². The van der Waals surface area contributed by atoms with Gasteiger partial charge in [0.15, 0.2) is 0 Å². The molecule has 0 spiro atoms. The van der Waals surface area contributed by atoms with Crippen LogP contribution in [0.1, 0.15) is 30.4 Å². The second-order valence-electron chi connectivity index (χ2n) is 4.52. The molecule has 0 bridgehead atoms. The van der Waals surface area contributed by atoms with E-state index in [1.807, 2.05) is 6.07 Å². The molecule has 0 aromatic heterocycles. The minimum Gasteiger partial charge on any atom is -0.212 e. The lowest BCUT2D eigenvalue weighted by molar-refractivity contribution is 0.346.